The molecule has 3 aliphatic heterocycles. The molecule has 6 heterocycles. The first-order valence-electron chi connectivity index (χ1n) is 31.9. The summed E-state index contributed by atoms with van der Waals surface area (Å²) in [6.07, 6.45) is 10.2. The molecule has 4 amide bonds. The lowest BCUT2D eigenvalue weighted by atomic mass is 10.0. The standard InChI is InChI=1S/C26H30N6O2.C26H28N6O.C20H22ClN5O/c1-17(2)18-10-12-19(13-11-18)26(34)30-21-9-6-14-32(16-21)22-15-28-23(24(27)33)25(31-22)29-20-7-4-3-5-8-20;1-18(2)19-10-12-20(13-11-19)26(33)30-22-9-6-14-32(17-22)24-16-28-23(15-27)25(31-24)29-21-7-4-3-5-8-21;1-13(2)14-5-7-15(8-6-14)20(27)24-16-4-3-9-26(12-16)18-11-23-17(10-22)19(21)25-18/h3-5,7-8,10-13,15,17,21H,6,9,14,16H2,1-2H3,(H2,27,33)(H,29,31)(H,30,34);3-5,7-8,10-13,16,18,22H,6,9,14,17H2,1-2H3,(H,29,31)(H,30,33);5-8,11,13,16H,3-4,9,12H2,1-2H3,(H,24,27)/t21-;22-;16-/m111/s1. The summed E-state index contributed by atoms with van der Waals surface area (Å²) in [7, 11) is 0. The fourth-order valence-corrected chi connectivity index (χ4v) is 11.4. The summed E-state index contributed by atoms with van der Waals surface area (Å²) in [6.45, 7) is 17.1. The first-order chi connectivity index (χ1) is 45.4. The molecule has 0 radical (unpaired) electrons. The molecule has 22 heteroatoms. The van der Waals surface area contributed by atoms with Gasteiger partial charge in [-0.05, 0) is 134 Å². The number of hydrogen-bond acceptors (Lipinski definition) is 17. The Balaban J connectivity index is 0.000000167. The molecule has 0 saturated carbocycles. The normalized spacial score (nSPS) is 16.0. The Kier molecular flexibility index (Phi) is 23.6. The van der Waals surface area contributed by atoms with E-state index in [9.17, 15) is 24.4 Å². The van der Waals surface area contributed by atoms with Gasteiger partial charge in [-0.1, -0.05) is 126 Å². The molecule has 3 atom stereocenters. The Morgan fingerprint density at radius 1 is 0.479 bits per heavy atom. The number of para-hydroxylation sites is 2. The summed E-state index contributed by atoms with van der Waals surface area (Å²) >= 11 is 5.99. The van der Waals surface area contributed by atoms with Crippen molar-refractivity contribution in [1.29, 1.82) is 10.5 Å². The van der Waals surface area contributed by atoms with E-state index < -0.39 is 5.91 Å². The van der Waals surface area contributed by atoms with Gasteiger partial charge in [-0.15, -0.1) is 0 Å². The van der Waals surface area contributed by atoms with Crippen molar-refractivity contribution in [2.75, 3.05) is 64.6 Å². The average molecular weight is 1280 g/mol. The summed E-state index contributed by atoms with van der Waals surface area (Å²) in [5.74, 6) is 3.12. The van der Waals surface area contributed by atoms with Gasteiger partial charge >= 0.3 is 0 Å². The van der Waals surface area contributed by atoms with Crippen molar-refractivity contribution in [1.82, 2.24) is 45.9 Å². The SMILES string of the molecule is CC(C)c1ccc(C(=O)N[C@@H]2CCCN(c3cnc(C#N)c(Cl)n3)C2)cc1.CC(C)c1ccc(C(=O)N[C@@H]2CCCN(c3cnc(C#N)c(Nc4ccccc4)n3)C2)cc1.CC(C)c1ccc(C(=O)N[C@@H]2CCCN(c3cnc(C(N)=O)c(Nc4ccccc4)n3)C2)cc1. The fraction of sp³-hybridized carbons (Fsp3) is 0.333. The first kappa shape index (κ1) is 67.9. The molecule has 3 fully saturated rings. The number of nitrogens with two attached hydrogens (primary N) is 1. The quantitative estimate of drug-likeness (QED) is 0.0494. The van der Waals surface area contributed by atoms with Crippen LogP contribution in [0.4, 0.5) is 40.5 Å². The third-order valence-corrected chi connectivity index (χ3v) is 16.8. The number of amides is 4. The van der Waals surface area contributed by atoms with E-state index in [1.807, 2.05) is 144 Å². The molecule has 21 nitrogen and oxygen atoms in total. The minimum absolute atomic E-state index is 0.0130. The van der Waals surface area contributed by atoms with E-state index in [4.69, 9.17) is 22.6 Å². The van der Waals surface area contributed by atoms with Gasteiger partial charge in [0.25, 0.3) is 23.6 Å². The van der Waals surface area contributed by atoms with Crippen LogP contribution >= 0.6 is 11.6 Å². The maximum absolute atomic E-state index is 12.8. The average Bonchev–Trinajstić information content (AvgIpc) is 0.907. The van der Waals surface area contributed by atoms with Crippen LogP contribution in [0.2, 0.25) is 5.15 Å². The number of anilines is 7. The molecule has 3 saturated heterocycles. The molecule has 0 aliphatic carbocycles. The molecule has 484 valence electrons. The van der Waals surface area contributed by atoms with Gasteiger partial charge in [0.15, 0.2) is 33.9 Å². The van der Waals surface area contributed by atoms with Gasteiger partial charge < -0.3 is 47.0 Å². The molecule has 7 N–H and O–H groups in total. The number of nitrogens with zero attached hydrogens (tertiary/aromatic N) is 11. The highest BCUT2D eigenvalue weighted by Crippen LogP contribution is 2.28. The number of hydrogen-bond donors (Lipinski definition) is 6. The Morgan fingerprint density at radius 2 is 0.819 bits per heavy atom. The number of rotatable bonds is 17. The van der Waals surface area contributed by atoms with Gasteiger partial charge in [-0.3, -0.25) is 19.2 Å². The van der Waals surface area contributed by atoms with Gasteiger partial charge in [-0.2, -0.15) is 10.5 Å². The van der Waals surface area contributed by atoms with Crippen LogP contribution in [0.25, 0.3) is 0 Å². The number of carbonyl (C=O) groups excluding carboxylic acids is 4. The minimum atomic E-state index is -0.648. The highest BCUT2D eigenvalue weighted by Gasteiger charge is 2.28. The maximum atomic E-state index is 12.8. The largest absolute Gasteiger partial charge is 0.364 e. The van der Waals surface area contributed by atoms with Crippen molar-refractivity contribution >= 4 is 75.7 Å². The topological polar surface area (TPSA) is 289 Å². The highest BCUT2D eigenvalue weighted by atomic mass is 35.5. The summed E-state index contributed by atoms with van der Waals surface area (Å²) in [5, 5.41) is 34.2. The van der Waals surface area contributed by atoms with Crippen molar-refractivity contribution in [2.24, 2.45) is 5.73 Å². The van der Waals surface area contributed by atoms with E-state index in [1.54, 1.807) is 18.6 Å². The maximum Gasteiger partial charge on any atom is 0.271 e. The van der Waals surface area contributed by atoms with E-state index in [1.165, 1.54) is 16.7 Å². The van der Waals surface area contributed by atoms with Crippen LogP contribution in [-0.2, 0) is 0 Å². The predicted molar refractivity (Wildman–Crippen MR) is 368 cm³/mol. The zero-order valence-electron chi connectivity index (χ0n) is 53.9. The number of benzene rings is 5. The molecule has 3 aliphatic rings. The van der Waals surface area contributed by atoms with E-state index in [-0.39, 0.29) is 58.1 Å². The van der Waals surface area contributed by atoms with Crippen molar-refractivity contribution in [3.63, 3.8) is 0 Å². The molecule has 0 unspecified atom stereocenters. The number of halogens is 1. The Hall–Kier alpha value is -10.5. The third-order valence-electron chi connectivity index (χ3n) is 16.5. The monoisotopic (exact) mass is 1280 g/mol. The van der Waals surface area contributed by atoms with Gasteiger partial charge in [0.1, 0.15) is 29.6 Å². The van der Waals surface area contributed by atoms with Crippen molar-refractivity contribution in [3.05, 3.63) is 208 Å². The Morgan fingerprint density at radius 3 is 1.17 bits per heavy atom. The highest BCUT2D eigenvalue weighted by molar-refractivity contribution is 6.30. The minimum Gasteiger partial charge on any atom is -0.364 e. The third kappa shape index (κ3) is 18.6. The first-order valence-corrected chi connectivity index (χ1v) is 32.3. The Labute approximate surface area is 554 Å². The second-order valence-electron chi connectivity index (χ2n) is 24.4. The lowest BCUT2D eigenvalue weighted by Crippen LogP contribution is -2.48. The van der Waals surface area contributed by atoms with Crippen LogP contribution in [0.5, 0.6) is 0 Å². The van der Waals surface area contributed by atoms with Crippen LogP contribution in [0, 0.1) is 22.7 Å². The fourth-order valence-electron chi connectivity index (χ4n) is 11.2. The second kappa shape index (κ2) is 32.7. The van der Waals surface area contributed by atoms with Crippen molar-refractivity contribution < 1.29 is 19.2 Å². The Bertz CT molecular complexity index is 3960. The van der Waals surface area contributed by atoms with Gasteiger partial charge in [0, 0.05) is 85.5 Å². The molecule has 0 bridgehead atoms. The van der Waals surface area contributed by atoms with Crippen molar-refractivity contribution in [3.8, 4) is 12.1 Å². The van der Waals surface area contributed by atoms with E-state index in [2.05, 4.69) is 114 Å². The summed E-state index contributed by atoms with van der Waals surface area (Å²) in [6, 6.07) is 46.3. The van der Waals surface area contributed by atoms with Crippen LogP contribution in [0.15, 0.2) is 152 Å². The number of aromatic nitrogens is 6. The number of carbonyl (C=O) groups is 4. The molecule has 8 aromatic rings. The molecule has 0 spiro atoms. The summed E-state index contributed by atoms with van der Waals surface area (Å²) < 4.78 is 0. The van der Waals surface area contributed by atoms with Crippen LogP contribution in [-0.4, -0.2) is 111 Å². The van der Waals surface area contributed by atoms with E-state index in [0.29, 0.717) is 83.2 Å². The number of nitrogens with one attached hydrogen (secondary N) is 5. The molecule has 94 heavy (non-hydrogen) atoms. The zero-order chi connectivity index (χ0) is 66.7. The van der Waals surface area contributed by atoms with E-state index in [0.717, 1.165) is 69.5 Å². The van der Waals surface area contributed by atoms with E-state index >= 15 is 0 Å². The summed E-state index contributed by atoms with van der Waals surface area (Å²) in [5.41, 5.74) is 13.2. The number of piperidine rings is 3. The molecular formula is C72H80ClN17O4. The molecular weight excluding hydrogens is 1200 g/mol. The molecule has 3 aromatic heterocycles. The van der Waals surface area contributed by atoms with Crippen LogP contribution < -0.4 is 47.0 Å². The number of primary amides is 1. The predicted octanol–water partition coefficient (Wildman–Crippen LogP) is 12.0. The van der Waals surface area contributed by atoms with Crippen LogP contribution in [0.3, 0.4) is 0 Å². The zero-order valence-corrected chi connectivity index (χ0v) is 54.6. The molecule has 11 rings (SSSR count). The van der Waals surface area contributed by atoms with Gasteiger partial charge in [0.2, 0.25) is 0 Å². The second-order valence-corrected chi connectivity index (χ2v) is 24.8. The number of nitriles is 2. The van der Waals surface area contributed by atoms with Crippen molar-refractivity contribution in [2.45, 2.75) is 116 Å². The molecule has 5 aromatic carbocycles. The van der Waals surface area contributed by atoms with Crippen LogP contribution in [0.1, 0.15) is 167 Å². The summed E-state index contributed by atoms with van der Waals surface area (Å²) in [4.78, 5) is 82.5. The lowest BCUT2D eigenvalue weighted by molar-refractivity contribution is 0.0924. The van der Waals surface area contributed by atoms with Gasteiger partial charge in [0.05, 0.1) is 18.6 Å². The smallest absolute Gasteiger partial charge is 0.271 e. The van der Waals surface area contributed by atoms with Gasteiger partial charge in [-0.25, -0.2) is 29.9 Å². The lowest BCUT2D eigenvalue weighted by Gasteiger charge is -2.34.